The number of rotatable bonds is 8. The van der Waals surface area contributed by atoms with E-state index in [1.807, 2.05) is 6.92 Å². The molecule has 10 heteroatoms. The van der Waals surface area contributed by atoms with Crippen molar-refractivity contribution in [1.29, 1.82) is 0 Å². The molecule has 0 spiro atoms. The number of amides is 2. The van der Waals surface area contributed by atoms with Gasteiger partial charge < -0.3 is 39.2 Å². The van der Waals surface area contributed by atoms with Crippen LogP contribution in [-0.2, 0) is 33.3 Å². The number of nitrogens with zero attached hydrogens (tertiary/aromatic N) is 1. The molecule has 0 aromatic carbocycles. The fourth-order valence-corrected chi connectivity index (χ4v) is 10.0. The molecule has 3 saturated carbocycles. The number of quaternary nitrogens is 1. The van der Waals surface area contributed by atoms with Crippen molar-refractivity contribution in [3.63, 3.8) is 0 Å². The van der Waals surface area contributed by atoms with Gasteiger partial charge in [-0.05, 0) is 70.1 Å². The van der Waals surface area contributed by atoms with Crippen LogP contribution in [0.5, 0.6) is 0 Å². The number of carbonyl (C=O) groups excluding carboxylic acids is 2. The van der Waals surface area contributed by atoms with Crippen molar-refractivity contribution in [2.75, 3.05) is 35.0 Å². The predicted octanol–water partition coefficient (Wildman–Crippen LogP) is 0.860. The Labute approximate surface area is 244 Å². The molecule has 3 aliphatic heterocycles. The molecular weight excluding hydrogens is 526 g/mol. The highest BCUT2D eigenvalue weighted by atomic mass is 16.5. The van der Waals surface area contributed by atoms with Gasteiger partial charge in [-0.15, -0.1) is 0 Å². The molecule has 6 fully saturated rings. The van der Waals surface area contributed by atoms with Gasteiger partial charge in [0.15, 0.2) is 0 Å². The number of piperidine rings is 2. The third-order valence-corrected chi connectivity index (χ3v) is 11.8. The lowest BCUT2D eigenvalue weighted by Crippen LogP contribution is -2.99. The third kappa shape index (κ3) is 5.24. The average molecular weight is 579 g/mol. The lowest BCUT2D eigenvalue weighted by molar-refractivity contribution is -0.713. The van der Waals surface area contributed by atoms with E-state index in [1.165, 1.54) is 0 Å². The molecular formula is C31H52N3O7+. The molecule has 0 aromatic heterocycles. The van der Waals surface area contributed by atoms with Crippen molar-refractivity contribution in [3.05, 3.63) is 0 Å². The number of ether oxygens (including phenoxy) is 5. The zero-order valence-electron chi connectivity index (χ0n) is 25.5. The highest BCUT2D eigenvalue weighted by Crippen LogP contribution is 2.53. The molecule has 13 unspecified atom stereocenters. The molecule has 3 heterocycles. The zero-order valence-corrected chi connectivity index (χ0v) is 25.5. The molecule has 6 aliphatic rings. The van der Waals surface area contributed by atoms with E-state index in [-0.39, 0.29) is 54.4 Å². The van der Waals surface area contributed by atoms with Gasteiger partial charge in [-0.2, -0.15) is 0 Å². The standard InChI is InChI=1S/C31H51N3O7/c1-16(30(35)33-17-6-10-23(37-2)25(14-17)39-4)41-18-7-9-22-21(15-18)19-12-13-32-27-20-8-11-24(38-3)29(40-5)26(20)31(36)34(22)28(19)27/h16-29,32H,6-15H2,1-5H3,(H,33,35)/p+1/t16-,17?,18?,19?,20?,21?,22?,23?,24?,25?,26?,27?,28?,29?/m1/s1. The highest BCUT2D eigenvalue weighted by Gasteiger charge is 2.66. The number of carbonyl (C=O) groups is 2. The molecule has 0 radical (unpaired) electrons. The summed E-state index contributed by atoms with van der Waals surface area (Å²) in [7, 11) is 6.91. The number of hydrogen-bond donors (Lipinski definition) is 2. The van der Waals surface area contributed by atoms with Crippen molar-refractivity contribution >= 4 is 11.8 Å². The molecule has 0 aromatic rings. The lowest BCUT2D eigenvalue weighted by atomic mass is 9.64. The van der Waals surface area contributed by atoms with E-state index in [1.54, 1.807) is 28.4 Å². The Morgan fingerprint density at radius 2 is 1.61 bits per heavy atom. The van der Waals surface area contributed by atoms with Gasteiger partial charge in [-0.25, -0.2) is 0 Å². The molecule has 232 valence electrons. The van der Waals surface area contributed by atoms with Gasteiger partial charge in [0.05, 0.1) is 49.0 Å². The maximum Gasteiger partial charge on any atom is 0.249 e. The van der Waals surface area contributed by atoms with E-state index in [2.05, 4.69) is 15.5 Å². The largest absolute Gasteiger partial charge is 0.379 e. The smallest absolute Gasteiger partial charge is 0.249 e. The number of methoxy groups -OCH3 is 4. The Kier molecular flexibility index (Phi) is 8.97. The van der Waals surface area contributed by atoms with Crippen LogP contribution in [0.3, 0.4) is 0 Å². The van der Waals surface area contributed by atoms with E-state index in [4.69, 9.17) is 23.7 Å². The minimum atomic E-state index is -0.507. The summed E-state index contributed by atoms with van der Waals surface area (Å²) in [5.74, 6) is 1.41. The van der Waals surface area contributed by atoms with Crippen LogP contribution in [0.2, 0.25) is 0 Å². The molecule has 3 saturated heterocycles. The van der Waals surface area contributed by atoms with Crippen LogP contribution in [0.1, 0.15) is 64.7 Å². The van der Waals surface area contributed by atoms with E-state index < -0.39 is 6.10 Å². The molecule has 0 bridgehead atoms. The van der Waals surface area contributed by atoms with Gasteiger partial charge in [-0.1, -0.05) is 0 Å². The highest BCUT2D eigenvalue weighted by molar-refractivity contribution is 5.83. The van der Waals surface area contributed by atoms with Crippen LogP contribution in [-0.4, -0.2) is 112 Å². The van der Waals surface area contributed by atoms with Gasteiger partial charge in [0, 0.05) is 52.9 Å². The van der Waals surface area contributed by atoms with Crippen LogP contribution in [0.4, 0.5) is 0 Å². The summed E-state index contributed by atoms with van der Waals surface area (Å²) in [6, 6.07) is 1.08. The number of nitrogens with one attached hydrogen (secondary N) is 1. The van der Waals surface area contributed by atoms with Crippen LogP contribution < -0.4 is 10.6 Å². The van der Waals surface area contributed by atoms with E-state index in [9.17, 15) is 9.59 Å². The van der Waals surface area contributed by atoms with Crippen molar-refractivity contribution in [2.24, 2.45) is 23.7 Å². The second kappa shape index (κ2) is 12.4. The quantitative estimate of drug-likeness (QED) is 0.440. The van der Waals surface area contributed by atoms with Gasteiger partial charge in [0.1, 0.15) is 12.1 Å². The average Bonchev–Trinajstić information content (AvgIpc) is 3.33. The van der Waals surface area contributed by atoms with Gasteiger partial charge in [0.2, 0.25) is 11.8 Å². The van der Waals surface area contributed by atoms with Crippen LogP contribution in [0, 0.1) is 23.7 Å². The third-order valence-electron chi connectivity index (χ3n) is 11.8. The first-order valence-corrected chi connectivity index (χ1v) is 16.1. The summed E-state index contributed by atoms with van der Waals surface area (Å²) in [5.41, 5.74) is 0. The monoisotopic (exact) mass is 578 g/mol. The number of nitrogens with two attached hydrogens (primary N) is 1. The minimum absolute atomic E-state index is 0.00545. The predicted molar refractivity (Wildman–Crippen MR) is 150 cm³/mol. The van der Waals surface area contributed by atoms with E-state index in [0.29, 0.717) is 35.7 Å². The maximum absolute atomic E-state index is 14.3. The molecule has 41 heavy (non-hydrogen) atoms. The van der Waals surface area contributed by atoms with Gasteiger partial charge in [-0.3, -0.25) is 9.59 Å². The molecule has 6 rings (SSSR count). The topological polar surface area (TPSA) is 112 Å². The summed E-state index contributed by atoms with van der Waals surface area (Å²) in [4.78, 5) is 29.7. The molecule has 14 atom stereocenters. The molecule has 10 nitrogen and oxygen atoms in total. The second-order valence-corrected chi connectivity index (χ2v) is 13.5. The van der Waals surface area contributed by atoms with Crippen LogP contribution >= 0.6 is 0 Å². The minimum Gasteiger partial charge on any atom is -0.379 e. The molecule has 2 amide bonds. The second-order valence-electron chi connectivity index (χ2n) is 13.5. The summed E-state index contributed by atoms with van der Waals surface area (Å²) in [6.07, 6.45) is 7.78. The molecule has 3 N–H and O–H groups in total. The maximum atomic E-state index is 14.3. The Morgan fingerprint density at radius 3 is 2.34 bits per heavy atom. The van der Waals surface area contributed by atoms with Crippen molar-refractivity contribution < 1.29 is 38.6 Å². The van der Waals surface area contributed by atoms with Crippen molar-refractivity contribution in [2.45, 2.75) is 126 Å². The SMILES string of the molecule is COC1CCC(NC(=O)[C@@H](C)OC2CCC3C(C2)C2CC[NH2+]C4C5CCC(OC)C(OC)C5C(=O)N3C24)CC1OC. The van der Waals surface area contributed by atoms with E-state index in [0.717, 1.165) is 64.3 Å². The van der Waals surface area contributed by atoms with Gasteiger partial charge >= 0.3 is 0 Å². The van der Waals surface area contributed by atoms with Crippen molar-refractivity contribution in [1.82, 2.24) is 10.2 Å². The molecule has 3 aliphatic carbocycles. The summed E-state index contributed by atoms with van der Waals surface area (Å²) < 4.78 is 29.4. The first-order valence-electron chi connectivity index (χ1n) is 16.1. The fraction of sp³-hybridized carbons (Fsp3) is 0.935. The van der Waals surface area contributed by atoms with Crippen molar-refractivity contribution in [3.8, 4) is 0 Å². The summed E-state index contributed by atoms with van der Waals surface area (Å²) in [5, 5.41) is 5.74. The van der Waals surface area contributed by atoms with Crippen LogP contribution in [0.25, 0.3) is 0 Å². The summed E-state index contributed by atoms with van der Waals surface area (Å²) in [6.45, 7) is 2.99. The van der Waals surface area contributed by atoms with Gasteiger partial charge in [0.25, 0.3) is 0 Å². The zero-order chi connectivity index (χ0) is 28.8. The van der Waals surface area contributed by atoms with Crippen LogP contribution in [0.15, 0.2) is 0 Å². The first-order chi connectivity index (χ1) is 19.9. The summed E-state index contributed by atoms with van der Waals surface area (Å²) >= 11 is 0. The van der Waals surface area contributed by atoms with E-state index >= 15 is 0 Å². The Bertz CT molecular complexity index is 953. The lowest BCUT2D eigenvalue weighted by Gasteiger charge is -2.53. The Morgan fingerprint density at radius 1 is 0.854 bits per heavy atom. The number of fused-ring (bicyclic) bond motifs is 5. The normalized spacial score (nSPS) is 46.3. The Hall–Kier alpha value is -1.30. The Balaban J connectivity index is 1.10. The number of hydrogen-bond acceptors (Lipinski definition) is 7. The fourth-order valence-electron chi connectivity index (χ4n) is 10.0. The first kappa shape index (κ1) is 29.8.